The van der Waals surface area contributed by atoms with Gasteiger partial charge in [0.25, 0.3) is 0 Å². The van der Waals surface area contributed by atoms with Gasteiger partial charge in [0.2, 0.25) is 5.91 Å². The van der Waals surface area contributed by atoms with Crippen LogP contribution in [-0.2, 0) is 16.0 Å². The number of nitrogens with zero attached hydrogens (tertiary/aromatic N) is 1. The van der Waals surface area contributed by atoms with Crippen LogP contribution in [-0.4, -0.2) is 42.6 Å². The van der Waals surface area contributed by atoms with Crippen LogP contribution in [0.3, 0.4) is 0 Å². The molecule has 20 heavy (non-hydrogen) atoms. The first-order valence-corrected chi connectivity index (χ1v) is 6.57. The van der Waals surface area contributed by atoms with Crippen LogP contribution in [0.4, 0.5) is 8.78 Å². The average Bonchev–Trinajstić information content (AvgIpc) is 2.42. The first kappa shape index (κ1) is 14.9. The van der Waals surface area contributed by atoms with Gasteiger partial charge >= 0.3 is 0 Å². The van der Waals surface area contributed by atoms with Gasteiger partial charge in [-0.1, -0.05) is 6.07 Å². The Labute approximate surface area is 116 Å². The SMILES string of the molecule is CC1CN(C(=O)Cc2ccc(F)c(F)c2)CC(CN)O1. The van der Waals surface area contributed by atoms with E-state index in [1.807, 2.05) is 6.92 Å². The average molecular weight is 284 g/mol. The molecule has 1 heterocycles. The predicted octanol–water partition coefficient (Wildman–Crippen LogP) is 1.08. The number of amides is 1. The second-order valence-corrected chi connectivity index (χ2v) is 5.03. The molecule has 0 bridgehead atoms. The summed E-state index contributed by atoms with van der Waals surface area (Å²) in [6.07, 6.45) is -0.208. The molecule has 2 rings (SSSR count). The van der Waals surface area contributed by atoms with Gasteiger partial charge in [0, 0.05) is 19.6 Å². The zero-order chi connectivity index (χ0) is 14.7. The number of benzene rings is 1. The highest BCUT2D eigenvalue weighted by Gasteiger charge is 2.27. The van der Waals surface area contributed by atoms with Crippen molar-refractivity contribution in [1.82, 2.24) is 4.90 Å². The lowest BCUT2D eigenvalue weighted by Gasteiger charge is -2.36. The second-order valence-electron chi connectivity index (χ2n) is 5.03. The van der Waals surface area contributed by atoms with Crippen LogP contribution in [0.1, 0.15) is 12.5 Å². The summed E-state index contributed by atoms with van der Waals surface area (Å²) in [7, 11) is 0. The highest BCUT2D eigenvalue weighted by molar-refractivity contribution is 5.79. The van der Waals surface area contributed by atoms with Crippen molar-refractivity contribution in [2.24, 2.45) is 5.73 Å². The van der Waals surface area contributed by atoms with E-state index < -0.39 is 11.6 Å². The number of morpholine rings is 1. The van der Waals surface area contributed by atoms with E-state index in [1.165, 1.54) is 6.07 Å². The van der Waals surface area contributed by atoms with Crippen molar-refractivity contribution >= 4 is 5.91 Å². The standard InChI is InChI=1S/C14H18F2N2O2/c1-9-7-18(8-11(6-17)20-9)14(19)5-10-2-3-12(15)13(16)4-10/h2-4,9,11H,5-8,17H2,1H3. The van der Waals surface area contributed by atoms with Crippen molar-refractivity contribution in [2.75, 3.05) is 19.6 Å². The summed E-state index contributed by atoms with van der Waals surface area (Å²) in [5.74, 6) is -1.99. The normalized spacial score (nSPS) is 22.9. The Morgan fingerprint density at radius 2 is 2.15 bits per heavy atom. The van der Waals surface area contributed by atoms with Crippen molar-refractivity contribution in [1.29, 1.82) is 0 Å². The third-order valence-electron chi connectivity index (χ3n) is 3.28. The van der Waals surface area contributed by atoms with E-state index in [-0.39, 0.29) is 24.5 Å². The third-order valence-corrected chi connectivity index (χ3v) is 3.28. The molecule has 0 spiro atoms. The van der Waals surface area contributed by atoms with Crippen molar-refractivity contribution in [2.45, 2.75) is 25.6 Å². The van der Waals surface area contributed by atoms with Crippen LogP contribution in [0.2, 0.25) is 0 Å². The summed E-state index contributed by atoms with van der Waals surface area (Å²) < 4.78 is 31.5. The molecular weight excluding hydrogens is 266 g/mol. The predicted molar refractivity (Wildman–Crippen MR) is 70.0 cm³/mol. The Bertz CT molecular complexity index is 496. The lowest BCUT2D eigenvalue weighted by atomic mass is 10.1. The van der Waals surface area contributed by atoms with Crippen LogP contribution in [0.15, 0.2) is 18.2 Å². The Morgan fingerprint density at radius 1 is 1.40 bits per heavy atom. The van der Waals surface area contributed by atoms with E-state index in [9.17, 15) is 13.6 Å². The minimum absolute atomic E-state index is 0.0429. The maximum atomic E-state index is 13.1. The number of carbonyl (C=O) groups is 1. The smallest absolute Gasteiger partial charge is 0.227 e. The van der Waals surface area contributed by atoms with E-state index in [1.54, 1.807) is 4.90 Å². The molecule has 6 heteroatoms. The van der Waals surface area contributed by atoms with Gasteiger partial charge in [-0.25, -0.2) is 8.78 Å². The Balaban J connectivity index is 2.01. The van der Waals surface area contributed by atoms with Gasteiger partial charge in [0.15, 0.2) is 11.6 Å². The molecule has 0 radical (unpaired) electrons. The van der Waals surface area contributed by atoms with E-state index in [0.717, 1.165) is 12.1 Å². The molecule has 1 saturated heterocycles. The molecule has 2 atom stereocenters. The molecule has 2 unspecified atom stereocenters. The molecule has 1 amide bonds. The highest BCUT2D eigenvalue weighted by atomic mass is 19.2. The quantitative estimate of drug-likeness (QED) is 0.903. The molecule has 2 N–H and O–H groups in total. The molecule has 1 aliphatic heterocycles. The van der Waals surface area contributed by atoms with Gasteiger partial charge in [-0.2, -0.15) is 0 Å². The molecular formula is C14H18F2N2O2. The molecule has 1 aromatic rings. The van der Waals surface area contributed by atoms with Gasteiger partial charge in [0.05, 0.1) is 18.6 Å². The van der Waals surface area contributed by atoms with E-state index in [2.05, 4.69) is 0 Å². The molecule has 1 aromatic carbocycles. The highest BCUT2D eigenvalue weighted by Crippen LogP contribution is 2.14. The number of nitrogens with two attached hydrogens (primary N) is 1. The number of hydrogen-bond donors (Lipinski definition) is 1. The summed E-state index contributed by atoms with van der Waals surface area (Å²) in [5, 5.41) is 0. The topological polar surface area (TPSA) is 55.6 Å². The van der Waals surface area contributed by atoms with Crippen LogP contribution < -0.4 is 5.73 Å². The Kier molecular flexibility index (Phi) is 4.67. The molecule has 0 aliphatic carbocycles. The summed E-state index contributed by atoms with van der Waals surface area (Å²) in [5.41, 5.74) is 6.02. The van der Waals surface area contributed by atoms with Crippen LogP contribution in [0.5, 0.6) is 0 Å². The monoisotopic (exact) mass is 284 g/mol. The van der Waals surface area contributed by atoms with E-state index >= 15 is 0 Å². The fourth-order valence-electron chi connectivity index (χ4n) is 2.32. The first-order valence-electron chi connectivity index (χ1n) is 6.57. The number of rotatable bonds is 3. The fraction of sp³-hybridized carbons (Fsp3) is 0.500. The van der Waals surface area contributed by atoms with Gasteiger partial charge in [-0.3, -0.25) is 4.79 Å². The summed E-state index contributed by atoms with van der Waals surface area (Å²) >= 11 is 0. The number of hydrogen-bond acceptors (Lipinski definition) is 3. The largest absolute Gasteiger partial charge is 0.370 e. The van der Waals surface area contributed by atoms with Crippen molar-refractivity contribution < 1.29 is 18.3 Å². The molecule has 1 fully saturated rings. The molecule has 1 aliphatic rings. The second kappa shape index (κ2) is 6.28. The summed E-state index contributed by atoms with van der Waals surface area (Å²) in [6.45, 7) is 3.14. The van der Waals surface area contributed by atoms with Crippen LogP contribution in [0, 0.1) is 11.6 Å². The van der Waals surface area contributed by atoms with Gasteiger partial charge in [0.1, 0.15) is 0 Å². The Hall–Kier alpha value is -1.53. The number of ether oxygens (including phenoxy) is 1. The lowest BCUT2D eigenvalue weighted by Crippen LogP contribution is -2.51. The van der Waals surface area contributed by atoms with Gasteiger partial charge < -0.3 is 15.4 Å². The minimum atomic E-state index is -0.939. The van der Waals surface area contributed by atoms with E-state index in [0.29, 0.717) is 25.2 Å². The molecule has 0 saturated carbocycles. The maximum absolute atomic E-state index is 13.1. The third kappa shape index (κ3) is 3.52. The zero-order valence-corrected chi connectivity index (χ0v) is 11.3. The van der Waals surface area contributed by atoms with Gasteiger partial charge in [-0.15, -0.1) is 0 Å². The molecule has 4 nitrogen and oxygen atoms in total. The van der Waals surface area contributed by atoms with Crippen molar-refractivity contribution in [3.05, 3.63) is 35.4 Å². The zero-order valence-electron chi connectivity index (χ0n) is 11.3. The minimum Gasteiger partial charge on any atom is -0.370 e. The first-order chi connectivity index (χ1) is 9.49. The van der Waals surface area contributed by atoms with Gasteiger partial charge in [-0.05, 0) is 24.6 Å². The fourth-order valence-corrected chi connectivity index (χ4v) is 2.32. The van der Waals surface area contributed by atoms with Crippen LogP contribution in [0.25, 0.3) is 0 Å². The molecule has 110 valence electrons. The maximum Gasteiger partial charge on any atom is 0.227 e. The Morgan fingerprint density at radius 3 is 2.80 bits per heavy atom. The van der Waals surface area contributed by atoms with Crippen LogP contribution >= 0.6 is 0 Å². The van der Waals surface area contributed by atoms with Crippen molar-refractivity contribution in [3.63, 3.8) is 0 Å². The molecule has 0 aromatic heterocycles. The summed E-state index contributed by atoms with van der Waals surface area (Å²) in [4.78, 5) is 13.8. The number of halogens is 2. The van der Waals surface area contributed by atoms with E-state index in [4.69, 9.17) is 10.5 Å². The lowest BCUT2D eigenvalue weighted by molar-refractivity contribution is -0.142. The number of carbonyl (C=O) groups excluding carboxylic acids is 1. The van der Waals surface area contributed by atoms with Crippen molar-refractivity contribution in [3.8, 4) is 0 Å². The summed E-state index contributed by atoms with van der Waals surface area (Å²) in [6, 6.07) is 3.50.